The third-order valence-corrected chi connectivity index (χ3v) is 1.95. The molecular weight excluding hydrogens is 124 g/mol. The summed E-state index contributed by atoms with van der Waals surface area (Å²) in [6, 6.07) is 0.443. The lowest BCUT2D eigenvalue weighted by atomic mass is 10.0. The zero-order chi connectivity index (χ0) is 6.81. The van der Waals surface area contributed by atoms with E-state index in [1.807, 2.05) is 0 Å². The zero-order valence-electron chi connectivity index (χ0n) is 5.88. The van der Waals surface area contributed by atoms with Gasteiger partial charge < -0.3 is 5.32 Å². The topological polar surface area (TPSA) is 26.1 Å². The van der Waals surface area contributed by atoms with Crippen molar-refractivity contribution in [3.8, 4) is 0 Å². The molecule has 0 saturated carbocycles. The van der Waals surface area contributed by atoms with Crippen LogP contribution in [0.2, 0.25) is 0 Å². The van der Waals surface area contributed by atoms with Crippen molar-refractivity contribution in [2.75, 3.05) is 19.6 Å². The summed E-state index contributed by atoms with van der Waals surface area (Å²) in [5, 5.41) is 7.71. The average Bonchev–Trinajstić information content (AvgIpc) is 2.05. The third kappa shape index (κ3) is 1.00. The Labute approximate surface area is 61.0 Å². The van der Waals surface area contributed by atoms with E-state index in [-0.39, 0.29) is 0 Å². The van der Waals surface area contributed by atoms with Crippen LogP contribution in [0.1, 0.15) is 0 Å². The predicted octanol–water partition coefficient (Wildman–Crippen LogP) is 0.0588. The first-order valence-corrected chi connectivity index (χ1v) is 3.71. The SMILES string of the molecule is C1=CC2=CCNCC2[N]C1. The molecule has 2 heteroatoms. The van der Waals surface area contributed by atoms with Crippen molar-refractivity contribution in [3.63, 3.8) is 0 Å². The van der Waals surface area contributed by atoms with Gasteiger partial charge in [-0.15, -0.1) is 0 Å². The van der Waals surface area contributed by atoms with Crippen LogP contribution in [0.3, 0.4) is 0 Å². The van der Waals surface area contributed by atoms with Gasteiger partial charge in [0.05, 0.1) is 6.04 Å². The van der Waals surface area contributed by atoms with Gasteiger partial charge in [-0.25, -0.2) is 5.32 Å². The van der Waals surface area contributed by atoms with Gasteiger partial charge in [-0.05, 0) is 5.57 Å². The van der Waals surface area contributed by atoms with Crippen molar-refractivity contribution >= 4 is 0 Å². The molecule has 2 rings (SSSR count). The highest BCUT2D eigenvalue weighted by Crippen LogP contribution is 2.11. The molecule has 0 aromatic rings. The summed E-state index contributed by atoms with van der Waals surface area (Å²) in [6.45, 7) is 2.92. The van der Waals surface area contributed by atoms with Crippen LogP contribution in [-0.2, 0) is 0 Å². The first-order valence-electron chi connectivity index (χ1n) is 3.71. The molecule has 1 N–H and O–H groups in total. The minimum absolute atomic E-state index is 0.443. The Morgan fingerprint density at radius 2 is 2.60 bits per heavy atom. The van der Waals surface area contributed by atoms with E-state index in [4.69, 9.17) is 0 Å². The lowest BCUT2D eigenvalue weighted by molar-refractivity contribution is 0.526. The van der Waals surface area contributed by atoms with Crippen LogP contribution in [0.25, 0.3) is 0 Å². The maximum Gasteiger partial charge on any atom is 0.0621 e. The summed E-state index contributed by atoms with van der Waals surface area (Å²) < 4.78 is 0. The van der Waals surface area contributed by atoms with Crippen LogP contribution in [0.4, 0.5) is 0 Å². The Morgan fingerprint density at radius 3 is 3.50 bits per heavy atom. The molecule has 2 heterocycles. The summed E-state index contributed by atoms with van der Waals surface area (Å²) >= 11 is 0. The van der Waals surface area contributed by atoms with E-state index in [0.29, 0.717) is 6.04 Å². The van der Waals surface area contributed by atoms with Crippen LogP contribution in [-0.4, -0.2) is 25.7 Å². The molecule has 10 heavy (non-hydrogen) atoms. The second-order valence-electron chi connectivity index (χ2n) is 2.65. The van der Waals surface area contributed by atoms with E-state index < -0.39 is 0 Å². The highest BCUT2D eigenvalue weighted by atomic mass is 15.0. The van der Waals surface area contributed by atoms with E-state index in [1.165, 1.54) is 5.57 Å². The van der Waals surface area contributed by atoms with E-state index in [0.717, 1.165) is 19.6 Å². The molecule has 2 aliphatic heterocycles. The molecule has 0 aromatic carbocycles. The van der Waals surface area contributed by atoms with Gasteiger partial charge >= 0.3 is 0 Å². The molecule has 2 aliphatic rings. The lowest BCUT2D eigenvalue weighted by Crippen LogP contribution is -2.40. The molecule has 0 bridgehead atoms. The molecule has 0 saturated heterocycles. The molecule has 1 atom stereocenters. The minimum Gasteiger partial charge on any atom is -0.311 e. The molecule has 0 spiro atoms. The molecule has 2 nitrogen and oxygen atoms in total. The third-order valence-electron chi connectivity index (χ3n) is 1.95. The Kier molecular flexibility index (Phi) is 1.57. The van der Waals surface area contributed by atoms with Crippen molar-refractivity contribution in [2.45, 2.75) is 6.04 Å². The van der Waals surface area contributed by atoms with Gasteiger partial charge in [0.1, 0.15) is 0 Å². The standard InChI is InChI=1S/C8H11N2/c1-2-7-3-5-9-6-8(7)10-4-1/h1-3,8-9H,4-6H2. The van der Waals surface area contributed by atoms with E-state index in [1.54, 1.807) is 0 Å². The summed E-state index contributed by atoms with van der Waals surface area (Å²) in [5.74, 6) is 0. The van der Waals surface area contributed by atoms with Gasteiger partial charge in [0, 0.05) is 19.6 Å². The maximum atomic E-state index is 4.43. The quantitative estimate of drug-likeness (QED) is 0.499. The van der Waals surface area contributed by atoms with Gasteiger partial charge in [-0.1, -0.05) is 18.2 Å². The van der Waals surface area contributed by atoms with Gasteiger partial charge in [0.2, 0.25) is 0 Å². The first-order chi connectivity index (χ1) is 4.97. The van der Waals surface area contributed by atoms with Crippen LogP contribution in [0, 0.1) is 0 Å². The molecular formula is C8H11N2. The fraction of sp³-hybridized carbons (Fsp3) is 0.500. The fourth-order valence-corrected chi connectivity index (χ4v) is 1.39. The van der Waals surface area contributed by atoms with Gasteiger partial charge in [-0.3, -0.25) is 0 Å². The normalized spacial score (nSPS) is 31.2. The van der Waals surface area contributed by atoms with Gasteiger partial charge in [0.25, 0.3) is 0 Å². The van der Waals surface area contributed by atoms with Crippen LogP contribution < -0.4 is 10.6 Å². The largest absolute Gasteiger partial charge is 0.311 e. The lowest BCUT2D eigenvalue weighted by Gasteiger charge is -2.25. The first kappa shape index (κ1) is 6.13. The smallest absolute Gasteiger partial charge is 0.0621 e. The van der Waals surface area contributed by atoms with Crippen molar-refractivity contribution in [2.24, 2.45) is 0 Å². The summed E-state index contributed by atoms with van der Waals surface area (Å²) in [7, 11) is 0. The Bertz CT molecular complexity index is 182. The number of nitrogens with zero attached hydrogens (tertiary/aromatic N) is 1. The van der Waals surface area contributed by atoms with Gasteiger partial charge in [0.15, 0.2) is 0 Å². The molecule has 1 radical (unpaired) electrons. The van der Waals surface area contributed by atoms with E-state index in [9.17, 15) is 0 Å². The van der Waals surface area contributed by atoms with E-state index >= 15 is 0 Å². The zero-order valence-corrected chi connectivity index (χ0v) is 5.88. The summed E-state index contributed by atoms with van der Waals surface area (Å²) in [5.41, 5.74) is 1.39. The second kappa shape index (κ2) is 2.56. The number of nitrogens with one attached hydrogen (secondary N) is 1. The van der Waals surface area contributed by atoms with Crippen LogP contribution in [0.5, 0.6) is 0 Å². The highest BCUT2D eigenvalue weighted by Gasteiger charge is 2.17. The maximum absolute atomic E-state index is 4.43. The average molecular weight is 135 g/mol. The monoisotopic (exact) mass is 135 g/mol. The highest BCUT2D eigenvalue weighted by molar-refractivity contribution is 5.30. The number of hydrogen-bond acceptors (Lipinski definition) is 1. The van der Waals surface area contributed by atoms with E-state index in [2.05, 4.69) is 28.9 Å². The van der Waals surface area contributed by atoms with Crippen molar-refractivity contribution in [3.05, 3.63) is 23.8 Å². The molecule has 1 unspecified atom stereocenters. The second-order valence-corrected chi connectivity index (χ2v) is 2.65. The van der Waals surface area contributed by atoms with Crippen molar-refractivity contribution in [1.29, 1.82) is 0 Å². The summed E-state index contributed by atoms with van der Waals surface area (Å²) in [4.78, 5) is 0. The minimum atomic E-state index is 0.443. The molecule has 0 amide bonds. The predicted molar refractivity (Wildman–Crippen MR) is 40.9 cm³/mol. The molecule has 0 aliphatic carbocycles. The molecule has 0 aromatic heterocycles. The van der Waals surface area contributed by atoms with Gasteiger partial charge in [-0.2, -0.15) is 0 Å². The number of rotatable bonds is 0. The molecule has 0 fully saturated rings. The Hall–Kier alpha value is -0.600. The number of hydrogen-bond donors (Lipinski definition) is 1. The Morgan fingerprint density at radius 1 is 1.60 bits per heavy atom. The molecule has 53 valence electrons. The van der Waals surface area contributed by atoms with Crippen molar-refractivity contribution in [1.82, 2.24) is 10.6 Å². The Balaban J connectivity index is 2.21. The van der Waals surface area contributed by atoms with Crippen LogP contribution in [0.15, 0.2) is 23.8 Å². The van der Waals surface area contributed by atoms with Crippen LogP contribution >= 0.6 is 0 Å². The fourth-order valence-electron chi connectivity index (χ4n) is 1.39. The van der Waals surface area contributed by atoms with Crippen molar-refractivity contribution < 1.29 is 0 Å². The number of fused-ring (bicyclic) bond motifs is 1. The summed E-state index contributed by atoms with van der Waals surface area (Å²) in [6.07, 6.45) is 6.53.